The van der Waals surface area contributed by atoms with E-state index >= 15 is 0 Å². The molecule has 0 saturated carbocycles. The average molecular weight is 433 g/mol. The minimum absolute atomic E-state index is 0.305. The number of nitrogens with one attached hydrogen (secondary N) is 2. The van der Waals surface area contributed by atoms with Crippen LogP contribution in [0.2, 0.25) is 5.15 Å². The molecule has 6 nitrogen and oxygen atoms in total. The molecule has 2 aromatic carbocycles. The van der Waals surface area contributed by atoms with Crippen LogP contribution in [0.4, 0.5) is 11.4 Å². The van der Waals surface area contributed by atoms with Crippen molar-refractivity contribution < 1.29 is 9.59 Å². The topological polar surface area (TPSA) is 94.9 Å². The third-order valence-electron chi connectivity index (χ3n) is 4.86. The molecule has 2 N–H and O–H groups in total. The number of nitriles is 1. The molecule has 0 saturated heterocycles. The molecule has 0 unspecified atom stereocenters. The predicted molar refractivity (Wildman–Crippen MR) is 121 cm³/mol. The highest BCUT2D eigenvalue weighted by molar-refractivity contribution is 6.29. The van der Waals surface area contributed by atoms with Crippen molar-refractivity contribution in [2.45, 2.75) is 26.2 Å². The Hall–Kier alpha value is -3.69. The zero-order valence-electron chi connectivity index (χ0n) is 17.4. The summed E-state index contributed by atoms with van der Waals surface area (Å²) in [5.41, 5.74) is 2.81. The third kappa shape index (κ3) is 5.27. The molecule has 0 fully saturated rings. The molecule has 7 heteroatoms. The highest BCUT2D eigenvalue weighted by atomic mass is 35.5. The van der Waals surface area contributed by atoms with Crippen LogP contribution in [0.1, 0.15) is 45.7 Å². The molecule has 2 amide bonds. The Kier molecular flexibility index (Phi) is 6.38. The highest BCUT2D eigenvalue weighted by Gasteiger charge is 2.21. The number of rotatable bonds is 5. The monoisotopic (exact) mass is 432 g/mol. The van der Waals surface area contributed by atoms with Crippen molar-refractivity contribution in [3.05, 3.63) is 88.2 Å². The first kappa shape index (κ1) is 22.0. The van der Waals surface area contributed by atoms with E-state index in [2.05, 4.69) is 21.7 Å². The predicted octanol–water partition coefficient (Wildman–Crippen LogP) is 5.35. The fourth-order valence-corrected chi connectivity index (χ4v) is 2.97. The van der Waals surface area contributed by atoms with Crippen LogP contribution in [-0.4, -0.2) is 16.8 Å². The quantitative estimate of drug-likeness (QED) is 0.531. The van der Waals surface area contributed by atoms with Crippen LogP contribution in [0.3, 0.4) is 0 Å². The van der Waals surface area contributed by atoms with E-state index in [1.807, 2.05) is 13.0 Å². The molecule has 0 radical (unpaired) electrons. The smallest absolute Gasteiger partial charge is 0.257 e. The second kappa shape index (κ2) is 8.99. The fourth-order valence-electron chi connectivity index (χ4n) is 2.86. The van der Waals surface area contributed by atoms with Gasteiger partial charge in [0.25, 0.3) is 11.8 Å². The molecule has 3 rings (SSSR count). The second-order valence-corrected chi connectivity index (χ2v) is 8.01. The van der Waals surface area contributed by atoms with Crippen molar-refractivity contribution in [2.24, 2.45) is 0 Å². The number of nitrogens with zero attached hydrogens (tertiary/aromatic N) is 2. The van der Waals surface area contributed by atoms with E-state index in [1.165, 1.54) is 6.20 Å². The SMILES string of the molecule is Cc1ccc(NC(=O)c2cccc(C(C)(C)C#N)c2)cc1NC(=O)c1ccc(Cl)nc1. The summed E-state index contributed by atoms with van der Waals surface area (Å²) in [5, 5.41) is 15.3. The summed E-state index contributed by atoms with van der Waals surface area (Å²) in [6.45, 7) is 5.46. The van der Waals surface area contributed by atoms with Crippen LogP contribution in [0.15, 0.2) is 60.8 Å². The second-order valence-electron chi connectivity index (χ2n) is 7.63. The molecule has 3 aromatic rings. The molecular weight excluding hydrogens is 412 g/mol. The van der Waals surface area contributed by atoms with E-state index < -0.39 is 5.41 Å². The van der Waals surface area contributed by atoms with Crippen LogP contribution in [0, 0.1) is 18.3 Å². The van der Waals surface area contributed by atoms with Crippen molar-refractivity contribution >= 4 is 34.8 Å². The van der Waals surface area contributed by atoms with E-state index in [-0.39, 0.29) is 11.8 Å². The number of aromatic nitrogens is 1. The zero-order valence-corrected chi connectivity index (χ0v) is 18.1. The summed E-state index contributed by atoms with van der Waals surface area (Å²) in [6, 6.07) is 17.6. The van der Waals surface area contributed by atoms with Crippen molar-refractivity contribution in [1.82, 2.24) is 4.98 Å². The first-order valence-corrected chi connectivity index (χ1v) is 9.94. The van der Waals surface area contributed by atoms with E-state index in [0.29, 0.717) is 27.7 Å². The molecule has 0 bridgehead atoms. The highest BCUT2D eigenvalue weighted by Crippen LogP contribution is 2.25. The van der Waals surface area contributed by atoms with E-state index in [0.717, 1.165) is 11.1 Å². The number of aryl methyl sites for hydroxylation is 1. The number of carbonyl (C=O) groups is 2. The Balaban J connectivity index is 1.78. The van der Waals surface area contributed by atoms with Gasteiger partial charge in [-0.25, -0.2) is 4.98 Å². The minimum Gasteiger partial charge on any atom is -0.322 e. The Morgan fingerprint density at radius 3 is 2.42 bits per heavy atom. The lowest BCUT2D eigenvalue weighted by atomic mass is 9.85. The Labute approximate surface area is 185 Å². The number of pyridine rings is 1. The molecule has 0 atom stereocenters. The van der Waals surface area contributed by atoms with Gasteiger partial charge in [0, 0.05) is 23.1 Å². The largest absolute Gasteiger partial charge is 0.322 e. The van der Waals surface area contributed by atoms with Gasteiger partial charge in [-0.1, -0.05) is 29.8 Å². The van der Waals surface area contributed by atoms with Gasteiger partial charge in [0.15, 0.2) is 0 Å². The molecule has 0 spiro atoms. The lowest BCUT2D eigenvalue weighted by Gasteiger charge is -2.17. The van der Waals surface area contributed by atoms with E-state index in [9.17, 15) is 14.9 Å². The third-order valence-corrected chi connectivity index (χ3v) is 5.08. The molecule has 1 heterocycles. The lowest BCUT2D eigenvalue weighted by molar-refractivity contribution is 0.101. The van der Waals surface area contributed by atoms with Crippen LogP contribution in [0.5, 0.6) is 0 Å². The first-order valence-electron chi connectivity index (χ1n) is 9.56. The first-order chi connectivity index (χ1) is 14.7. The Morgan fingerprint density at radius 2 is 1.74 bits per heavy atom. The molecule has 156 valence electrons. The maximum Gasteiger partial charge on any atom is 0.257 e. The maximum absolute atomic E-state index is 12.8. The zero-order chi connectivity index (χ0) is 22.6. The van der Waals surface area contributed by atoms with Gasteiger partial charge in [0.2, 0.25) is 0 Å². The van der Waals surface area contributed by atoms with Gasteiger partial charge >= 0.3 is 0 Å². The molecule has 0 aliphatic heterocycles. The molecule has 1 aromatic heterocycles. The molecular formula is C24H21ClN4O2. The summed E-state index contributed by atoms with van der Waals surface area (Å²) in [5.74, 6) is -0.638. The Morgan fingerprint density at radius 1 is 1.00 bits per heavy atom. The average Bonchev–Trinajstić information content (AvgIpc) is 2.76. The lowest BCUT2D eigenvalue weighted by Crippen LogP contribution is -2.17. The van der Waals surface area contributed by atoms with Crippen LogP contribution in [0.25, 0.3) is 0 Å². The minimum atomic E-state index is -0.700. The van der Waals surface area contributed by atoms with Gasteiger partial charge in [-0.3, -0.25) is 9.59 Å². The summed E-state index contributed by atoms with van der Waals surface area (Å²) in [7, 11) is 0. The van der Waals surface area contributed by atoms with Crippen molar-refractivity contribution in [2.75, 3.05) is 10.6 Å². The van der Waals surface area contributed by atoms with Crippen molar-refractivity contribution in [3.63, 3.8) is 0 Å². The maximum atomic E-state index is 12.8. The van der Waals surface area contributed by atoms with Crippen LogP contribution < -0.4 is 10.6 Å². The standard InChI is InChI=1S/C24H21ClN4O2/c1-15-7-9-19(12-20(15)29-23(31)17-8-10-21(25)27-13-17)28-22(30)16-5-4-6-18(11-16)24(2,3)14-26/h4-13H,1-3H3,(H,28,30)(H,29,31). The summed E-state index contributed by atoms with van der Waals surface area (Å²) in [6.07, 6.45) is 1.40. The number of amides is 2. The molecule has 0 aliphatic rings. The summed E-state index contributed by atoms with van der Waals surface area (Å²) < 4.78 is 0. The number of carbonyl (C=O) groups excluding carboxylic acids is 2. The normalized spacial score (nSPS) is 10.8. The van der Waals surface area contributed by atoms with Crippen LogP contribution in [-0.2, 0) is 5.41 Å². The number of anilines is 2. The van der Waals surface area contributed by atoms with Gasteiger partial charge < -0.3 is 10.6 Å². The Bertz CT molecular complexity index is 1180. The van der Waals surface area contributed by atoms with E-state index in [1.54, 1.807) is 62.4 Å². The molecule has 0 aliphatic carbocycles. The van der Waals surface area contributed by atoms with Crippen molar-refractivity contribution in [1.29, 1.82) is 5.26 Å². The van der Waals surface area contributed by atoms with Gasteiger partial charge in [0.05, 0.1) is 17.0 Å². The van der Waals surface area contributed by atoms with Crippen LogP contribution >= 0.6 is 11.6 Å². The molecule has 31 heavy (non-hydrogen) atoms. The summed E-state index contributed by atoms with van der Waals surface area (Å²) in [4.78, 5) is 29.1. The fraction of sp³-hybridized carbons (Fsp3) is 0.167. The van der Waals surface area contributed by atoms with Gasteiger partial charge in [0.1, 0.15) is 5.15 Å². The number of hydrogen-bond acceptors (Lipinski definition) is 4. The van der Waals surface area contributed by atoms with Gasteiger partial charge in [-0.15, -0.1) is 0 Å². The van der Waals surface area contributed by atoms with E-state index in [4.69, 9.17) is 11.6 Å². The van der Waals surface area contributed by atoms with Gasteiger partial charge in [-0.2, -0.15) is 5.26 Å². The number of benzene rings is 2. The summed E-state index contributed by atoms with van der Waals surface area (Å²) >= 11 is 5.77. The number of hydrogen-bond donors (Lipinski definition) is 2. The van der Waals surface area contributed by atoms with Crippen molar-refractivity contribution in [3.8, 4) is 6.07 Å². The number of halogens is 1. The van der Waals surface area contributed by atoms with Gasteiger partial charge in [-0.05, 0) is 68.3 Å².